The molecule has 1 saturated carbocycles. The minimum absolute atomic E-state index is 0.279. The first-order valence-corrected chi connectivity index (χ1v) is 10.1. The highest BCUT2D eigenvalue weighted by Crippen LogP contribution is 2.28. The Balaban J connectivity index is 1.32. The monoisotopic (exact) mass is 385 g/mol. The van der Waals surface area contributed by atoms with E-state index >= 15 is 0 Å². The summed E-state index contributed by atoms with van der Waals surface area (Å²) in [6.45, 7) is -0.319. The van der Waals surface area contributed by atoms with Crippen LogP contribution in [0.5, 0.6) is 0 Å². The predicted molar refractivity (Wildman–Crippen MR) is 103 cm³/mol. The smallest absolute Gasteiger partial charge is 0.306 e. The van der Waals surface area contributed by atoms with Crippen molar-refractivity contribution in [1.29, 1.82) is 5.26 Å². The first-order chi connectivity index (χ1) is 13.1. The van der Waals surface area contributed by atoms with Gasteiger partial charge in [-0.3, -0.25) is 9.59 Å². The summed E-state index contributed by atoms with van der Waals surface area (Å²) in [5.41, 5.74) is 0.237. The summed E-state index contributed by atoms with van der Waals surface area (Å²) in [4.78, 5) is 28.3. The van der Waals surface area contributed by atoms with Crippen molar-refractivity contribution in [1.82, 2.24) is 10.3 Å². The topological polar surface area (TPSA) is 92.1 Å². The van der Waals surface area contributed by atoms with Crippen molar-refractivity contribution >= 4 is 33.4 Å². The van der Waals surface area contributed by atoms with E-state index in [2.05, 4.69) is 22.4 Å². The molecule has 1 heterocycles. The van der Waals surface area contributed by atoms with Crippen LogP contribution in [0.4, 0.5) is 0 Å². The molecule has 6 nitrogen and oxygen atoms in total. The first kappa shape index (κ1) is 19.3. The van der Waals surface area contributed by atoms with Gasteiger partial charge in [-0.05, 0) is 57.1 Å². The van der Waals surface area contributed by atoms with Crippen LogP contribution in [-0.4, -0.2) is 29.0 Å². The van der Waals surface area contributed by atoms with Crippen molar-refractivity contribution in [3.05, 3.63) is 29.3 Å². The molecule has 0 aliphatic heterocycles. The van der Waals surface area contributed by atoms with Gasteiger partial charge in [0, 0.05) is 6.42 Å². The number of aryl methyl sites for hydroxylation is 1. The molecule has 1 aliphatic carbocycles. The Kier molecular flexibility index (Phi) is 6.40. The van der Waals surface area contributed by atoms with E-state index in [4.69, 9.17) is 4.74 Å². The molecule has 1 aromatic carbocycles. The Morgan fingerprint density at radius 2 is 2.04 bits per heavy atom. The zero-order valence-electron chi connectivity index (χ0n) is 15.2. The molecule has 2 aromatic rings. The number of nitrogens with zero attached hydrogens (tertiary/aromatic N) is 2. The van der Waals surface area contributed by atoms with E-state index in [1.54, 1.807) is 11.3 Å². The summed E-state index contributed by atoms with van der Waals surface area (Å²) in [5, 5.41) is 13.0. The molecule has 0 saturated heterocycles. The number of thiazole rings is 1. The molecule has 142 valence electrons. The average Bonchev–Trinajstić information content (AvgIpc) is 3.30. The van der Waals surface area contributed by atoms with Crippen LogP contribution in [0.1, 0.15) is 50.0 Å². The van der Waals surface area contributed by atoms with Crippen LogP contribution in [0.15, 0.2) is 24.3 Å². The molecule has 1 aliphatic rings. The molecule has 1 amide bonds. The van der Waals surface area contributed by atoms with Crippen LogP contribution >= 0.6 is 11.3 Å². The Hall–Kier alpha value is -2.46. The fraction of sp³-hybridized carbons (Fsp3) is 0.500. The minimum Gasteiger partial charge on any atom is -0.456 e. The van der Waals surface area contributed by atoms with E-state index in [1.807, 2.05) is 18.2 Å². The molecule has 0 unspecified atom stereocenters. The van der Waals surface area contributed by atoms with Crippen LogP contribution in [0.2, 0.25) is 0 Å². The Bertz CT molecular complexity index is 817. The number of unbranched alkanes of at least 4 members (excludes halogenated alkanes) is 1. The number of fused-ring (bicyclic) bond motifs is 1. The normalized spacial score (nSPS) is 15.4. The number of nitrogens with one attached hydrogen (secondary N) is 1. The Morgan fingerprint density at radius 1 is 1.26 bits per heavy atom. The summed E-state index contributed by atoms with van der Waals surface area (Å²) < 4.78 is 6.21. The van der Waals surface area contributed by atoms with Gasteiger partial charge in [-0.15, -0.1) is 11.3 Å². The molecule has 0 atom stereocenters. The molecule has 0 spiro atoms. The van der Waals surface area contributed by atoms with E-state index in [1.165, 1.54) is 4.70 Å². The number of carbonyl (C=O) groups excluding carboxylic acids is 2. The molecule has 1 aromatic heterocycles. The third-order valence-electron chi connectivity index (χ3n) is 4.77. The number of ether oxygens (including phenoxy) is 1. The predicted octanol–water partition coefficient (Wildman–Crippen LogP) is 3.50. The highest BCUT2D eigenvalue weighted by Gasteiger charge is 2.35. The maximum Gasteiger partial charge on any atom is 0.306 e. The number of hydrogen-bond donors (Lipinski definition) is 1. The average molecular weight is 385 g/mol. The van der Waals surface area contributed by atoms with E-state index < -0.39 is 11.4 Å². The number of rotatable bonds is 8. The molecule has 7 heteroatoms. The Labute approximate surface area is 162 Å². The number of nitriles is 1. The third-order valence-corrected chi connectivity index (χ3v) is 5.87. The van der Waals surface area contributed by atoms with Crippen LogP contribution in [0.3, 0.4) is 0 Å². The molecule has 0 bridgehead atoms. The zero-order valence-corrected chi connectivity index (χ0v) is 16.0. The van der Waals surface area contributed by atoms with E-state index in [9.17, 15) is 14.9 Å². The molecular weight excluding hydrogens is 362 g/mol. The SMILES string of the molecule is N#CC1(NC(=O)COC(=O)CCCCc2nc3ccccc3s2)CCCC1. The van der Waals surface area contributed by atoms with Crippen LogP contribution in [0.25, 0.3) is 10.2 Å². The second-order valence-electron chi connectivity index (χ2n) is 6.89. The number of esters is 1. The van der Waals surface area contributed by atoms with Gasteiger partial charge in [0.2, 0.25) is 0 Å². The van der Waals surface area contributed by atoms with Crippen LogP contribution < -0.4 is 5.32 Å². The number of amides is 1. The summed E-state index contributed by atoms with van der Waals surface area (Å²) in [7, 11) is 0. The highest BCUT2D eigenvalue weighted by atomic mass is 32.1. The second kappa shape index (κ2) is 8.96. The number of para-hydroxylation sites is 1. The van der Waals surface area contributed by atoms with Crippen molar-refractivity contribution in [2.75, 3.05) is 6.61 Å². The van der Waals surface area contributed by atoms with Crippen molar-refractivity contribution in [3.8, 4) is 6.07 Å². The van der Waals surface area contributed by atoms with Crippen molar-refractivity contribution < 1.29 is 14.3 Å². The van der Waals surface area contributed by atoms with Gasteiger partial charge in [0.15, 0.2) is 6.61 Å². The second-order valence-corrected chi connectivity index (χ2v) is 8.01. The first-order valence-electron chi connectivity index (χ1n) is 9.33. The maximum absolute atomic E-state index is 11.9. The van der Waals surface area contributed by atoms with Gasteiger partial charge in [0.1, 0.15) is 5.54 Å². The van der Waals surface area contributed by atoms with Crippen molar-refractivity contribution in [2.45, 2.75) is 56.9 Å². The standard InChI is InChI=1S/C20H23N3O3S/c21-14-20(11-5-6-12-20)23-17(24)13-26-19(25)10-4-3-9-18-22-15-7-1-2-8-16(15)27-18/h1-2,7-8H,3-6,9-13H2,(H,23,24). The lowest BCUT2D eigenvalue weighted by atomic mass is 10.00. The van der Waals surface area contributed by atoms with Crippen molar-refractivity contribution in [3.63, 3.8) is 0 Å². The van der Waals surface area contributed by atoms with Crippen molar-refractivity contribution in [2.24, 2.45) is 0 Å². The number of hydrogen-bond acceptors (Lipinski definition) is 6. The lowest BCUT2D eigenvalue weighted by molar-refractivity contribution is -0.149. The fourth-order valence-electron chi connectivity index (χ4n) is 3.34. The molecule has 3 rings (SSSR count). The molecule has 1 N–H and O–H groups in total. The molecular formula is C20H23N3O3S. The molecule has 1 fully saturated rings. The van der Waals surface area contributed by atoms with E-state index in [0.717, 1.165) is 36.2 Å². The Morgan fingerprint density at radius 3 is 2.78 bits per heavy atom. The van der Waals surface area contributed by atoms with Gasteiger partial charge in [0.05, 0.1) is 21.3 Å². The van der Waals surface area contributed by atoms with Gasteiger partial charge in [0.25, 0.3) is 5.91 Å². The van der Waals surface area contributed by atoms with Crippen LogP contribution in [-0.2, 0) is 20.7 Å². The summed E-state index contributed by atoms with van der Waals surface area (Å²) >= 11 is 1.68. The van der Waals surface area contributed by atoms with E-state index in [0.29, 0.717) is 19.3 Å². The largest absolute Gasteiger partial charge is 0.456 e. The van der Waals surface area contributed by atoms with Gasteiger partial charge in [-0.1, -0.05) is 12.1 Å². The third kappa shape index (κ3) is 5.27. The minimum atomic E-state index is -0.777. The van der Waals surface area contributed by atoms with Gasteiger partial charge >= 0.3 is 5.97 Å². The lowest BCUT2D eigenvalue weighted by Gasteiger charge is -2.21. The lowest BCUT2D eigenvalue weighted by Crippen LogP contribution is -2.46. The van der Waals surface area contributed by atoms with Gasteiger partial charge in [-0.2, -0.15) is 5.26 Å². The van der Waals surface area contributed by atoms with E-state index in [-0.39, 0.29) is 19.0 Å². The van der Waals surface area contributed by atoms with Crippen LogP contribution in [0, 0.1) is 11.3 Å². The summed E-state index contributed by atoms with van der Waals surface area (Å²) in [6, 6.07) is 10.2. The molecule has 0 radical (unpaired) electrons. The fourth-order valence-corrected chi connectivity index (χ4v) is 4.35. The van der Waals surface area contributed by atoms with Gasteiger partial charge in [-0.25, -0.2) is 4.98 Å². The number of aromatic nitrogens is 1. The number of benzene rings is 1. The summed E-state index contributed by atoms with van der Waals surface area (Å²) in [5.74, 6) is -0.784. The highest BCUT2D eigenvalue weighted by molar-refractivity contribution is 7.18. The van der Waals surface area contributed by atoms with Gasteiger partial charge < -0.3 is 10.1 Å². The quantitative estimate of drug-likeness (QED) is 0.554. The molecule has 27 heavy (non-hydrogen) atoms. The zero-order chi connectivity index (χ0) is 19.1. The number of carbonyl (C=O) groups is 2. The summed E-state index contributed by atoms with van der Waals surface area (Å²) in [6.07, 6.45) is 5.84. The maximum atomic E-state index is 11.9.